The Balaban J connectivity index is 2.13. The predicted molar refractivity (Wildman–Crippen MR) is 101 cm³/mol. The van der Waals surface area contributed by atoms with Gasteiger partial charge >= 0.3 is 0 Å². The van der Waals surface area contributed by atoms with Crippen LogP contribution in [0.15, 0.2) is 41.5 Å². The standard InChI is InChI=1S/C19H21N3O3S/c1-12-6-11-26-18(12)15-14(16(23)13-4-7-20-8-5-13)17(24)19(25)22(15)10-9-21(2)3/h4-8,11,15,23H,9-10H2,1-3H3/b16-14-. The van der Waals surface area contributed by atoms with E-state index >= 15 is 0 Å². The first-order valence-corrected chi connectivity index (χ1v) is 9.17. The van der Waals surface area contributed by atoms with E-state index in [4.69, 9.17) is 0 Å². The number of nitrogens with zero attached hydrogens (tertiary/aromatic N) is 3. The third-order valence-electron chi connectivity index (χ3n) is 4.43. The van der Waals surface area contributed by atoms with Gasteiger partial charge in [0.15, 0.2) is 0 Å². The zero-order valence-corrected chi connectivity index (χ0v) is 15.8. The van der Waals surface area contributed by atoms with Gasteiger partial charge in [-0.1, -0.05) is 0 Å². The van der Waals surface area contributed by atoms with E-state index in [-0.39, 0.29) is 11.3 Å². The van der Waals surface area contributed by atoms with E-state index in [1.54, 1.807) is 29.4 Å². The number of aliphatic hydroxyl groups is 1. The minimum absolute atomic E-state index is 0.144. The summed E-state index contributed by atoms with van der Waals surface area (Å²) < 4.78 is 0. The number of carbonyl (C=O) groups excluding carboxylic acids is 2. The molecule has 136 valence electrons. The summed E-state index contributed by atoms with van der Waals surface area (Å²) >= 11 is 1.49. The molecule has 0 aliphatic carbocycles. The van der Waals surface area contributed by atoms with Gasteiger partial charge in [0.2, 0.25) is 0 Å². The van der Waals surface area contributed by atoms with E-state index in [2.05, 4.69) is 4.98 Å². The molecule has 1 atom stereocenters. The molecule has 2 aromatic rings. The molecular weight excluding hydrogens is 350 g/mol. The Labute approximate surface area is 156 Å². The second kappa shape index (κ2) is 7.39. The molecule has 3 rings (SSSR count). The highest BCUT2D eigenvalue weighted by Gasteiger charge is 2.46. The zero-order valence-electron chi connectivity index (χ0n) is 15.0. The van der Waals surface area contributed by atoms with Crippen LogP contribution in [0.4, 0.5) is 0 Å². The lowest BCUT2D eigenvalue weighted by Crippen LogP contribution is -2.35. The summed E-state index contributed by atoms with van der Waals surface area (Å²) in [6, 6.07) is 4.64. The molecule has 1 N–H and O–H groups in total. The fraction of sp³-hybridized carbons (Fsp3) is 0.316. The Hall–Kier alpha value is -2.51. The SMILES string of the molecule is Cc1ccsc1C1/C(=C(/O)c2ccncc2)C(=O)C(=O)N1CCN(C)C. The van der Waals surface area contributed by atoms with Crippen LogP contribution in [0.25, 0.3) is 5.76 Å². The van der Waals surface area contributed by atoms with Crippen molar-refractivity contribution in [2.24, 2.45) is 0 Å². The second-order valence-corrected chi connectivity index (χ2v) is 7.45. The van der Waals surface area contributed by atoms with E-state index in [0.717, 1.165) is 10.4 Å². The van der Waals surface area contributed by atoms with Crippen LogP contribution in [0.2, 0.25) is 0 Å². The molecule has 7 heteroatoms. The predicted octanol–water partition coefficient (Wildman–Crippen LogP) is 2.43. The fourth-order valence-corrected chi connectivity index (χ4v) is 4.07. The maximum Gasteiger partial charge on any atom is 0.295 e. The number of amides is 1. The molecule has 1 saturated heterocycles. The molecule has 1 unspecified atom stereocenters. The van der Waals surface area contributed by atoms with Crippen LogP contribution in [0.1, 0.15) is 22.0 Å². The van der Waals surface area contributed by atoms with E-state index in [1.807, 2.05) is 37.4 Å². The second-order valence-electron chi connectivity index (χ2n) is 6.50. The maximum absolute atomic E-state index is 12.8. The van der Waals surface area contributed by atoms with Gasteiger partial charge in [0.1, 0.15) is 5.76 Å². The number of thiophene rings is 1. The zero-order chi connectivity index (χ0) is 18.8. The number of carbonyl (C=O) groups is 2. The van der Waals surface area contributed by atoms with Crippen molar-refractivity contribution in [1.29, 1.82) is 0 Å². The fourth-order valence-electron chi connectivity index (χ4n) is 3.02. The van der Waals surface area contributed by atoms with Crippen molar-refractivity contribution in [2.45, 2.75) is 13.0 Å². The van der Waals surface area contributed by atoms with Crippen molar-refractivity contribution in [2.75, 3.05) is 27.2 Å². The maximum atomic E-state index is 12.8. The number of Topliss-reactive ketones (excluding diaryl/α,β-unsaturated/α-hetero) is 1. The number of ketones is 1. The minimum Gasteiger partial charge on any atom is -0.507 e. The molecule has 1 aliphatic heterocycles. The molecular formula is C19H21N3O3S. The first kappa shape index (κ1) is 18.3. The molecule has 1 fully saturated rings. The summed E-state index contributed by atoms with van der Waals surface area (Å²) in [4.78, 5) is 33.8. The Morgan fingerprint density at radius 3 is 2.54 bits per heavy atom. The van der Waals surface area contributed by atoms with Crippen molar-refractivity contribution in [3.8, 4) is 0 Å². The van der Waals surface area contributed by atoms with E-state index in [1.165, 1.54) is 11.3 Å². The summed E-state index contributed by atoms with van der Waals surface area (Å²) in [5.41, 5.74) is 1.62. The highest BCUT2D eigenvalue weighted by atomic mass is 32.1. The summed E-state index contributed by atoms with van der Waals surface area (Å²) in [5.74, 6) is -1.37. The monoisotopic (exact) mass is 371 g/mol. The lowest BCUT2D eigenvalue weighted by Gasteiger charge is -2.26. The van der Waals surface area contributed by atoms with Crippen LogP contribution in [0.3, 0.4) is 0 Å². The van der Waals surface area contributed by atoms with Crippen LogP contribution in [0, 0.1) is 6.92 Å². The Kier molecular flexibility index (Phi) is 5.20. The molecule has 0 bridgehead atoms. The number of aromatic nitrogens is 1. The Bertz CT molecular complexity index is 858. The van der Waals surface area contributed by atoms with E-state index in [0.29, 0.717) is 18.7 Å². The van der Waals surface area contributed by atoms with E-state index < -0.39 is 17.7 Å². The number of hydrogen-bond acceptors (Lipinski definition) is 6. The Morgan fingerprint density at radius 2 is 1.96 bits per heavy atom. The van der Waals surface area contributed by atoms with Gasteiger partial charge in [-0.15, -0.1) is 11.3 Å². The van der Waals surface area contributed by atoms with Crippen LogP contribution in [-0.4, -0.2) is 58.8 Å². The minimum atomic E-state index is -0.643. The molecule has 1 aliphatic rings. The number of likely N-dealkylation sites (tertiary alicyclic amines) is 1. The van der Waals surface area contributed by atoms with Crippen LogP contribution in [0.5, 0.6) is 0 Å². The number of rotatable bonds is 5. The topological polar surface area (TPSA) is 73.7 Å². The first-order valence-electron chi connectivity index (χ1n) is 8.29. The van der Waals surface area contributed by atoms with Gasteiger partial charge in [-0.05, 0) is 50.2 Å². The largest absolute Gasteiger partial charge is 0.507 e. The summed E-state index contributed by atoms with van der Waals surface area (Å²) in [6.07, 6.45) is 3.09. The van der Waals surface area contributed by atoms with E-state index in [9.17, 15) is 14.7 Å². The lowest BCUT2D eigenvalue weighted by molar-refractivity contribution is -0.140. The number of hydrogen-bond donors (Lipinski definition) is 1. The smallest absolute Gasteiger partial charge is 0.295 e. The molecule has 3 heterocycles. The number of aryl methyl sites for hydroxylation is 1. The average Bonchev–Trinajstić information content (AvgIpc) is 3.15. The number of likely N-dealkylation sites (N-methyl/N-ethyl adjacent to an activating group) is 1. The van der Waals surface area contributed by atoms with Crippen molar-refractivity contribution in [3.05, 3.63) is 57.6 Å². The molecule has 0 radical (unpaired) electrons. The summed E-state index contributed by atoms with van der Waals surface area (Å²) in [6.45, 7) is 2.99. The van der Waals surface area contributed by atoms with Crippen molar-refractivity contribution < 1.29 is 14.7 Å². The molecule has 26 heavy (non-hydrogen) atoms. The van der Waals surface area contributed by atoms with Crippen LogP contribution >= 0.6 is 11.3 Å². The Morgan fingerprint density at radius 1 is 1.27 bits per heavy atom. The molecule has 0 saturated carbocycles. The first-order chi connectivity index (χ1) is 12.4. The molecule has 6 nitrogen and oxygen atoms in total. The van der Waals surface area contributed by atoms with Crippen molar-refractivity contribution >= 4 is 28.8 Å². The van der Waals surface area contributed by atoms with Crippen molar-refractivity contribution in [1.82, 2.24) is 14.8 Å². The van der Waals surface area contributed by atoms with Gasteiger partial charge in [-0.2, -0.15) is 0 Å². The lowest BCUT2D eigenvalue weighted by atomic mass is 9.99. The molecule has 0 spiro atoms. The quantitative estimate of drug-likeness (QED) is 0.496. The van der Waals surface area contributed by atoms with Gasteiger partial charge in [0.05, 0.1) is 11.6 Å². The molecule has 0 aromatic carbocycles. The molecule has 2 aromatic heterocycles. The normalized spacial score (nSPS) is 19.5. The highest BCUT2D eigenvalue weighted by molar-refractivity contribution is 7.10. The number of aliphatic hydroxyl groups excluding tert-OH is 1. The van der Waals surface area contributed by atoms with Gasteiger partial charge < -0.3 is 14.9 Å². The third kappa shape index (κ3) is 3.27. The summed E-state index contributed by atoms with van der Waals surface area (Å²) in [5, 5.41) is 12.7. The van der Waals surface area contributed by atoms with Crippen LogP contribution < -0.4 is 0 Å². The van der Waals surface area contributed by atoms with Gasteiger partial charge in [0.25, 0.3) is 11.7 Å². The average molecular weight is 371 g/mol. The van der Waals surface area contributed by atoms with Gasteiger partial charge in [0, 0.05) is 35.9 Å². The highest BCUT2D eigenvalue weighted by Crippen LogP contribution is 2.42. The number of pyridine rings is 1. The summed E-state index contributed by atoms with van der Waals surface area (Å²) in [7, 11) is 3.83. The molecule has 1 amide bonds. The third-order valence-corrected chi connectivity index (χ3v) is 5.50. The van der Waals surface area contributed by atoms with Gasteiger partial charge in [-0.25, -0.2) is 0 Å². The van der Waals surface area contributed by atoms with Crippen molar-refractivity contribution in [3.63, 3.8) is 0 Å². The van der Waals surface area contributed by atoms with Crippen LogP contribution in [-0.2, 0) is 9.59 Å². The van der Waals surface area contributed by atoms with Gasteiger partial charge in [-0.3, -0.25) is 14.6 Å².